The molecular formula is C15H19NO4. The Hall–Kier alpha value is -2.04. The van der Waals surface area contributed by atoms with Gasteiger partial charge >= 0.3 is 12.1 Å². The molecule has 2 rings (SSSR count). The van der Waals surface area contributed by atoms with E-state index < -0.39 is 23.7 Å². The zero-order valence-electron chi connectivity index (χ0n) is 11.9. The van der Waals surface area contributed by atoms with Gasteiger partial charge in [0.15, 0.2) is 0 Å². The predicted molar refractivity (Wildman–Crippen MR) is 73.5 cm³/mol. The number of carboxylic acid groups (broad SMARTS) is 1. The molecule has 1 heterocycles. The van der Waals surface area contributed by atoms with Gasteiger partial charge in [0.25, 0.3) is 0 Å². The Kier molecular flexibility index (Phi) is 3.70. The number of ether oxygens (including phenoxy) is 1. The summed E-state index contributed by atoms with van der Waals surface area (Å²) in [7, 11) is 0. The fourth-order valence-electron chi connectivity index (χ4n) is 2.31. The molecule has 0 aliphatic carbocycles. The van der Waals surface area contributed by atoms with E-state index in [1.165, 1.54) is 4.90 Å². The summed E-state index contributed by atoms with van der Waals surface area (Å²) in [5.41, 5.74) is 0.303. The third kappa shape index (κ3) is 2.92. The summed E-state index contributed by atoms with van der Waals surface area (Å²) in [5, 5.41) is 9.33. The van der Waals surface area contributed by atoms with Gasteiger partial charge in [0.05, 0.1) is 0 Å². The van der Waals surface area contributed by atoms with Crippen molar-refractivity contribution >= 4 is 12.1 Å². The molecule has 20 heavy (non-hydrogen) atoms. The number of amides is 1. The monoisotopic (exact) mass is 277 g/mol. The lowest BCUT2D eigenvalue weighted by Crippen LogP contribution is -2.61. The van der Waals surface area contributed by atoms with Gasteiger partial charge in [-0.05, 0) is 26.3 Å². The maximum Gasteiger partial charge on any atom is 0.411 e. The summed E-state index contributed by atoms with van der Waals surface area (Å²) >= 11 is 0. The number of aliphatic carboxylic acids is 1. The molecule has 0 bridgehead atoms. The Morgan fingerprint density at radius 3 is 2.35 bits per heavy atom. The Morgan fingerprint density at radius 2 is 1.85 bits per heavy atom. The normalized spacial score (nSPS) is 22.1. The van der Waals surface area contributed by atoms with Gasteiger partial charge in [-0.1, -0.05) is 30.3 Å². The topological polar surface area (TPSA) is 66.8 Å². The molecule has 1 saturated heterocycles. The highest BCUT2D eigenvalue weighted by Crippen LogP contribution is 2.35. The molecule has 1 amide bonds. The van der Waals surface area contributed by atoms with Crippen molar-refractivity contribution in [1.82, 2.24) is 4.90 Å². The van der Waals surface area contributed by atoms with Gasteiger partial charge in [0.2, 0.25) is 0 Å². The van der Waals surface area contributed by atoms with E-state index in [1.807, 2.05) is 30.3 Å². The first kappa shape index (κ1) is 14.4. The van der Waals surface area contributed by atoms with Gasteiger partial charge in [0.1, 0.15) is 11.6 Å². The lowest BCUT2D eigenvalue weighted by molar-refractivity contribution is -0.149. The molecule has 0 spiro atoms. The van der Waals surface area contributed by atoms with Crippen molar-refractivity contribution in [1.29, 1.82) is 0 Å². The lowest BCUT2D eigenvalue weighted by Gasteiger charge is -2.45. The number of carbonyl (C=O) groups excluding carboxylic acids is 1. The fourth-order valence-corrected chi connectivity index (χ4v) is 2.31. The minimum atomic E-state index is -1.00. The molecule has 1 aromatic carbocycles. The summed E-state index contributed by atoms with van der Waals surface area (Å²) in [6.07, 6.45) is -0.572. The van der Waals surface area contributed by atoms with Crippen molar-refractivity contribution < 1.29 is 19.4 Å². The highest BCUT2D eigenvalue weighted by molar-refractivity contribution is 5.83. The maximum absolute atomic E-state index is 12.0. The number of hydrogen-bond donors (Lipinski definition) is 1. The van der Waals surface area contributed by atoms with Crippen LogP contribution >= 0.6 is 0 Å². The smallest absolute Gasteiger partial charge is 0.411 e. The van der Waals surface area contributed by atoms with Gasteiger partial charge in [-0.25, -0.2) is 9.59 Å². The van der Waals surface area contributed by atoms with Crippen LogP contribution in [-0.2, 0) is 9.53 Å². The molecule has 1 unspecified atom stereocenters. The van der Waals surface area contributed by atoms with E-state index in [4.69, 9.17) is 4.74 Å². The third-order valence-electron chi connectivity index (χ3n) is 3.22. The highest BCUT2D eigenvalue weighted by Gasteiger charge is 2.48. The van der Waals surface area contributed by atoms with Crippen molar-refractivity contribution in [3.63, 3.8) is 0 Å². The Morgan fingerprint density at radius 1 is 1.25 bits per heavy atom. The van der Waals surface area contributed by atoms with Crippen molar-refractivity contribution in [2.45, 2.75) is 38.3 Å². The predicted octanol–water partition coefficient (Wildman–Crippen LogP) is 2.47. The Bertz CT molecular complexity index is 506. The van der Waals surface area contributed by atoms with Gasteiger partial charge in [-0.2, -0.15) is 0 Å². The lowest BCUT2D eigenvalue weighted by atomic mass is 9.83. The SMILES string of the molecule is CC(C)(C)OC(=O)N1C[C@H](c2ccccc2)C1C(=O)O. The third-order valence-corrected chi connectivity index (χ3v) is 3.22. The standard InChI is InChI=1S/C15H19NO4/c1-15(2,3)20-14(19)16-9-11(12(16)13(17)18)10-7-5-4-6-8-10/h4-8,11-12H,9H2,1-3H3,(H,17,18)/t11-,12?/m1/s1. The maximum atomic E-state index is 12.0. The first-order valence-electron chi connectivity index (χ1n) is 6.57. The van der Waals surface area contributed by atoms with Crippen LogP contribution in [0.4, 0.5) is 4.79 Å². The van der Waals surface area contributed by atoms with E-state index in [2.05, 4.69) is 0 Å². The Labute approximate surface area is 118 Å². The molecule has 1 fully saturated rings. The average Bonchev–Trinajstić information content (AvgIpc) is 2.25. The van der Waals surface area contributed by atoms with Crippen LogP contribution in [0, 0.1) is 0 Å². The molecule has 1 aliphatic heterocycles. The van der Waals surface area contributed by atoms with Gasteiger partial charge < -0.3 is 9.84 Å². The molecule has 2 atom stereocenters. The van der Waals surface area contributed by atoms with Crippen LogP contribution in [0.15, 0.2) is 30.3 Å². The second-order valence-corrected chi connectivity index (χ2v) is 5.93. The first-order chi connectivity index (χ1) is 9.29. The number of rotatable bonds is 2. The number of benzene rings is 1. The number of nitrogens with zero attached hydrogens (tertiary/aromatic N) is 1. The highest BCUT2D eigenvalue weighted by atomic mass is 16.6. The quantitative estimate of drug-likeness (QED) is 0.901. The zero-order valence-corrected chi connectivity index (χ0v) is 11.9. The average molecular weight is 277 g/mol. The summed E-state index contributed by atoms with van der Waals surface area (Å²) in [6.45, 7) is 5.65. The van der Waals surface area contributed by atoms with Crippen molar-refractivity contribution in [3.8, 4) is 0 Å². The van der Waals surface area contributed by atoms with Crippen molar-refractivity contribution in [2.75, 3.05) is 6.54 Å². The van der Waals surface area contributed by atoms with E-state index in [9.17, 15) is 14.7 Å². The van der Waals surface area contributed by atoms with Gasteiger partial charge in [-0.3, -0.25) is 4.90 Å². The van der Waals surface area contributed by atoms with E-state index >= 15 is 0 Å². The van der Waals surface area contributed by atoms with Crippen LogP contribution in [0.1, 0.15) is 32.3 Å². The first-order valence-corrected chi connectivity index (χ1v) is 6.57. The molecule has 1 aromatic rings. The van der Waals surface area contributed by atoms with Crippen LogP contribution in [0.2, 0.25) is 0 Å². The van der Waals surface area contributed by atoms with Gasteiger partial charge in [0, 0.05) is 12.5 Å². The molecule has 108 valence electrons. The van der Waals surface area contributed by atoms with E-state index in [1.54, 1.807) is 20.8 Å². The minimum Gasteiger partial charge on any atom is -0.480 e. The molecule has 1 N–H and O–H groups in total. The molecule has 0 radical (unpaired) electrons. The zero-order chi connectivity index (χ0) is 14.9. The second kappa shape index (κ2) is 5.15. The number of carbonyl (C=O) groups is 2. The number of likely N-dealkylation sites (tertiary alicyclic amines) is 1. The fraction of sp³-hybridized carbons (Fsp3) is 0.467. The van der Waals surface area contributed by atoms with E-state index in [-0.39, 0.29) is 5.92 Å². The van der Waals surface area contributed by atoms with Crippen LogP contribution in [0.5, 0.6) is 0 Å². The summed E-state index contributed by atoms with van der Waals surface area (Å²) in [6, 6.07) is 8.52. The molecular weight excluding hydrogens is 258 g/mol. The van der Waals surface area contributed by atoms with Crippen LogP contribution < -0.4 is 0 Å². The number of hydrogen-bond acceptors (Lipinski definition) is 3. The summed E-state index contributed by atoms with van der Waals surface area (Å²) in [4.78, 5) is 24.6. The summed E-state index contributed by atoms with van der Waals surface area (Å²) < 4.78 is 5.23. The summed E-state index contributed by atoms with van der Waals surface area (Å²) in [5.74, 6) is -1.18. The minimum absolute atomic E-state index is 0.179. The van der Waals surface area contributed by atoms with E-state index in [0.717, 1.165) is 5.56 Å². The molecule has 5 heteroatoms. The van der Waals surface area contributed by atoms with E-state index in [0.29, 0.717) is 6.54 Å². The molecule has 5 nitrogen and oxygen atoms in total. The van der Waals surface area contributed by atoms with Crippen molar-refractivity contribution in [3.05, 3.63) is 35.9 Å². The van der Waals surface area contributed by atoms with Gasteiger partial charge in [-0.15, -0.1) is 0 Å². The molecule has 1 aliphatic rings. The molecule has 0 aromatic heterocycles. The van der Waals surface area contributed by atoms with Crippen molar-refractivity contribution in [2.24, 2.45) is 0 Å². The largest absolute Gasteiger partial charge is 0.480 e. The van der Waals surface area contributed by atoms with Crippen LogP contribution in [0.25, 0.3) is 0 Å². The second-order valence-electron chi connectivity index (χ2n) is 5.93. The number of carboxylic acids is 1. The van der Waals surface area contributed by atoms with Crippen LogP contribution in [0.3, 0.4) is 0 Å². The Balaban J connectivity index is 2.12. The van der Waals surface area contributed by atoms with Crippen LogP contribution in [-0.4, -0.2) is 40.3 Å². The molecule has 0 saturated carbocycles.